The summed E-state index contributed by atoms with van der Waals surface area (Å²) in [5.41, 5.74) is 0.962. The predicted molar refractivity (Wildman–Crippen MR) is 68.6 cm³/mol. The lowest BCUT2D eigenvalue weighted by atomic mass is 9.89. The number of rotatable bonds is 3. The van der Waals surface area contributed by atoms with Crippen LogP contribution in [0.2, 0.25) is 0 Å². The highest BCUT2D eigenvalue weighted by Crippen LogP contribution is 2.31. The van der Waals surface area contributed by atoms with Gasteiger partial charge in [0.15, 0.2) is 0 Å². The molecule has 0 aromatic heterocycles. The molecule has 0 spiro atoms. The van der Waals surface area contributed by atoms with Gasteiger partial charge in [0.05, 0.1) is 12.2 Å². The van der Waals surface area contributed by atoms with E-state index in [9.17, 15) is 10.2 Å². The van der Waals surface area contributed by atoms with Gasteiger partial charge in [0.25, 0.3) is 0 Å². The highest BCUT2D eigenvalue weighted by atomic mass is 16.3. The van der Waals surface area contributed by atoms with E-state index in [-0.39, 0.29) is 12.0 Å². The molecular formula is C15H22O2. The molecule has 1 aliphatic rings. The Morgan fingerprint density at radius 1 is 1.06 bits per heavy atom. The Morgan fingerprint density at radius 3 is 2.53 bits per heavy atom. The molecule has 3 unspecified atom stereocenters. The zero-order valence-corrected chi connectivity index (χ0v) is 10.3. The summed E-state index contributed by atoms with van der Waals surface area (Å²) in [5, 5.41) is 20.2. The molecule has 1 saturated carbocycles. The fourth-order valence-corrected chi connectivity index (χ4v) is 2.74. The van der Waals surface area contributed by atoms with Crippen LogP contribution in [0.25, 0.3) is 0 Å². The summed E-state index contributed by atoms with van der Waals surface area (Å²) in [7, 11) is 0. The Morgan fingerprint density at radius 2 is 1.76 bits per heavy atom. The lowest BCUT2D eigenvalue weighted by molar-refractivity contribution is 0.0565. The van der Waals surface area contributed by atoms with Gasteiger partial charge in [-0.15, -0.1) is 0 Å². The van der Waals surface area contributed by atoms with Crippen LogP contribution in [-0.4, -0.2) is 16.3 Å². The average Bonchev–Trinajstić information content (AvgIpc) is 2.56. The minimum Gasteiger partial charge on any atom is -0.393 e. The molecule has 0 radical (unpaired) electrons. The van der Waals surface area contributed by atoms with Crippen LogP contribution in [0.1, 0.15) is 50.2 Å². The van der Waals surface area contributed by atoms with E-state index in [1.165, 1.54) is 12.8 Å². The monoisotopic (exact) mass is 234 g/mol. The number of aliphatic hydroxyl groups is 2. The van der Waals surface area contributed by atoms with Crippen LogP contribution in [0.3, 0.4) is 0 Å². The second-order valence-corrected chi connectivity index (χ2v) is 5.13. The van der Waals surface area contributed by atoms with E-state index in [0.29, 0.717) is 6.42 Å². The van der Waals surface area contributed by atoms with Crippen molar-refractivity contribution in [2.75, 3.05) is 0 Å². The van der Waals surface area contributed by atoms with Crippen molar-refractivity contribution < 1.29 is 10.2 Å². The molecule has 94 valence electrons. The maximum Gasteiger partial charge on any atom is 0.0793 e. The molecule has 1 aromatic rings. The van der Waals surface area contributed by atoms with Gasteiger partial charge in [-0.25, -0.2) is 0 Å². The summed E-state index contributed by atoms with van der Waals surface area (Å²) in [6, 6.07) is 9.75. The van der Waals surface area contributed by atoms with Crippen LogP contribution in [0, 0.1) is 5.92 Å². The van der Waals surface area contributed by atoms with E-state index in [1.807, 2.05) is 30.3 Å². The first-order valence-electron chi connectivity index (χ1n) is 6.68. The molecule has 0 amide bonds. The summed E-state index contributed by atoms with van der Waals surface area (Å²) >= 11 is 0. The standard InChI is InChI=1S/C15H22O2/c16-14-10-6-2-5-9-13(14)11-15(17)12-7-3-1-4-8-12/h1,3-4,7-8,13-17H,2,5-6,9-11H2. The zero-order valence-electron chi connectivity index (χ0n) is 10.3. The highest BCUT2D eigenvalue weighted by Gasteiger charge is 2.24. The van der Waals surface area contributed by atoms with Crippen molar-refractivity contribution in [3.63, 3.8) is 0 Å². The first-order valence-corrected chi connectivity index (χ1v) is 6.68. The molecule has 3 atom stereocenters. The van der Waals surface area contributed by atoms with E-state index in [4.69, 9.17) is 0 Å². The van der Waals surface area contributed by atoms with Crippen molar-refractivity contribution in [1.82, 2.24) is 0 Å². The van der Waals surface area contributed by atoms with Crippen LogP contribution in [-0.2, 0) is 0 Å². The minimum atomic E-state index is -0.436. The maximum absolute atomic E-state index is 10.2. The first-order chi connectivity index (χ1) is 8.27. The molecule has 2 nitrogen and oxygen atoms in total. The molecule has 0 saturated heterocycles. The van der Waals surface area contributed by atoms with Gasteiger partial charge in [-0.1, -0.05) is 49.6 Å². The Hall–Kier alpha value is -0.860. The molecule has 0 heterocycles. The van der Waals surface area contributed by atoms with Crippen LogP contribution >= 0.6 is 0 Å². The lowest BCUT2D eigenvalue weighted by Gasteiger charge is -2.23. The summed E-state index contributed by atoms with van der Waals surface area (Å²) in [6.07, 6.45) is 5.49. The number of hydrogen-bond donors (Lipinski definition) is 2. The first kappa shape index (κ1) is 12.6. The molecule has 0 aliphatic heterocycles. The van der Waals surface area contributed by atoms with Gasteiger partial charge in [-0.2, -0.15) is 0 Å². The zero-order chi connectivity index (χ0) is 12.1. The Kier molecular flexibility index (Phi) is 4.57. The lowest BCUT2D eigenvalue weighted by Crippen LogP contribution is -2.21. The van der Waals surface area contributed by atoms with E-state index in [1.54, 1.807) is 0 Å². The van der Waals surface area contributed by atoms with Gasteiger partial charge < -0.3 is 10.2 Å². The van der Waals surface area contributed by atoms with E-state index in [2.05, 4.69) is 0 Å². The maximum atomic E-state index is 10.2. The fourth-order valence-electron chi connectivity index (χ4n) is 2.74. The SMILES string of the molecule is OC(CC1CCCCCC1O)c1ccccc1. The molecule has 17 heavy (non-hydrogen) atoms. The third-order valence-corrected chi connectivity index (χ3v) is 3.83. The van der Waals surface area contributed by atoms with Gasteiger partial charge in [0.2, 0.25) is 0 Å². The molecule has 1 aromatic carbocycles. The van der Waals surface area contributed by atoms with Gasteiger partial charge in [0.1, 0.15) is 0 Å². The Labute approximate surface area is 103 Å². The highest BCUT2D eigenvalue weighted by molar-refractivity contribution is 5.17. The second-order valence-electron chi connectivity index (χ2n) is 5.13. The third kappa shape index (κ3) is 3.55. The third-order valence-electron chi connectivity index (χ3n) is 3.83. The van der Waals surface area contributed by atoms with Crippen molar-refractivity contribution in [3.05, 3.63) is 35.9 Å². The van der Waals surface area contributed by atoms with E-state index in [0.717, 1.165) is 24.8 Å². The van der Waals surface area contributed by atoms with E-state index >= 15 is 0 Å². The molecule has 2 N–H and O–H groups in total. The summed E-state index contributed by atoms with van der Waals surface area (Å²) < 4.78 is 0. The molecule has 2 heteroatoms. The van der Waals surface area contributed by atoms with E-state index < -0.39 is 6.10 Å². The second kappa shape index (κ2) is 6.18. The smallest absolute Gasteiger partial charge is 0.0793 e. The number of hydrogen-bond acceptors (Lipinski definition) is 2. The normalized spacial score (nSPS) is 27.4. The summed E-state index contributed by atoms with van der Waals surface area (Å²) in [5.74, 6) is 0.257. The topological polar surface area (TPSA) is 40.5 Å². The fraction of sp³-hybridized carbons (Fsp3) is 0.600. The van der Waals surface area contributed by atoms with Crippen molar-refractivity contribution in [2.45, 2.75) is 50.7 Å². The number of benzene rings is 1. The van der Waals surface area contributed by atoms with Crippen LogP contribution in [0.15, 0.2) is 30.3 Å². The van der Waals surface area contributed by atoms with Crippen LogP contribution < -0.4 is 0 Å². The predicted octanol–water partition coefficient (Wildman–Crippen LogP) is 3.05. The summed E-state index contributed by atoms with van der Waals surface area (Å²) in [6.45, 7) is 0. The summed E-state index contributed by atoms with van der Waals surface area (Å²) in [4.78, 5) is 0. The largest absolute Gasteiger partial charge is 0.393 e. The van der Waals surface area contributed by atoms with Crippen molar-refractivity contribution in [3.8, 4) is 0 Å². The average molecular weight is 234 g/mol. The van der Waals surface area contributed by atoms with Crippen molar-refractivity contribution in [2.24, 2.45) is 5.92 Å². The molecule has 2 rings (SSSR count). The van der Waals surface area contributed by atoms with Gasteiger partial charge in [0, 0.05) is 0 Å². The van der Waals surface area contributed by atoms with Crippen molar-refractivity contribution >= 4 is 0 Å². The van der Waals surface area contributed by atoms with Gasteiger partial charge in [-0.3, -0.25) is 0 Å². The molecule has 1 aliphatic carbocycles. The molecular weight excluding hydrogens is 212 g/mol. The number of aliphatic hydroxyl groups excluding tert-OH is 2. The molecule has 0 bridgehead atoms. The van der Waals surface area contributed by atoms with Crippen molar-refractivity contribution in [1.29, 1.82) is 0 Å². The van der Waals surface area contributed by atoms with Crippen LogP contribution in [0.5, 0.6) is 0 Å². The minimum absolute atomic E-state index is 0.226. The quantitative estimate of drug-likeness (QED) is 0.789. The van der Waals surface area contributed by atoms with Gasteiger partial charge in [-0.05, 0) is 30.7 Å². The Bertz CT molecular complexity index is 323. The Balaban J connectivity index is 1.95. The van der Waals surface area contributed by atoms with Gasteiger partial charge >= 0.3 is 0 Å². The molecule has 1 fully saturated rings. The van der Waals surface area contributed by atoms with Crippen LogP contribution in [0.4, 0.5) is 0 Å².